The number of hydrogen-bond donors (Lipinski definition) is 3. The average Bonchev–Trinajstić information content (AvgIpc) is 2.39. The number of hydrogen-bond acceptors (Lipinski definition) is 4. The van der Waals surface area contributed by atoms with E-state index in [1.807, 2.05) is 19.1 Å². The Kier molecular flexibility index (Phi) is 6.54. The van der Waals surface area contributed by atoms with Crippen LogP contribution in [0.1, 0.15) is 25.8 Å². The first-order valence-electron chi connectivity index (χ1n) is 6.60. The van der Waals surface area contributed by atoms with Gasteiger partial charge in [0, 0.05) is 19.1 Å². The number of phenols is 1. The van der Waals surface area contributed by atoms with E-state index in [-0.39, 0.29) is 5.75 Å². The van der Waals surface area contributed by atoms with E-state index in [0.717, 1.165) is 24.9 Å². The Labute approximate surface area is 109 Å². The minimum absolute atomic E-state index is 0.257. The van der Waals surface area contributed by atoms with Crippen molar-refractivity contribution in [2.24, 2.45) is 5.73 Å². The first kappa shape index (κ1) is 14.8. The van der Waals surface area contributed by atoms with E-state index < -0.39 is 0 Å². The second-order valence-electron chi connectivity index (χ2n) is 4.25. The van der Waals surface area contributed by atoms with Crippen LogP contribution in [-0.2, 0) is 6.42 Å². The highest BCUT2D eigenvalue weighted by Gasteiger charge is 2.12. The summed E-state index contributed by atoms with van der Waals surface area (Å²) in [5.74, 6) is 0.816. The smallest absolute Gasteiger partial charge is 0.161 e. The van der Waals surface area contributed by atoms with Gasteiger partial charge >= 0.3 is 0 Å². The van der Waals surface area contributed by atoms with Crippen LogP contribution in [0.15, 0.2) is 18.2 Å². The number of rotatable bonds is 8. The van der Waals surface area contributed by atoms with Crippen molar-refractivity contribution in [1.82, 2.24) is 5.32 Å². The Morgan fingerprint density at radius 2 is 2.17 bits per heavy atom. The van der Waals surface area contributed by atoms with Gasteiger partial charge in [-0.25, -0.2) is 0 Å². The zero-order valence-corrected chi connectivity index (χ0v) is 11.3. The number of para-hydroxylation sites is 1. The SMILES string of the molecule is CCOc1cccc(CC(CC)NCCN)c1O. The van der Waals surface area contributed by atoms with E-state index in [1.165, 1.54) is 0 Å². The second kappa shape index (κ2) is 7.95. The van der Waals surface area contributed by atoms with Crippen molar-refractivity contribution in [3.05, 3.63) is 23.8 Å². The second-order valence-corrected chi connectivity index (χ2v) is 4.25. The number of aromatic hydroxyl groups is 1. The van der Waals surface area contributed by atoms with Crippen LogP contribution in [0, 0.1) is 0 Å². The van der Waals surface area contributed by atoms with E-state index >= 15 is 0 Å². The van der Waals surface area contributed by atoms with E-state index in [0.29, 0.717) is 24.9 Å². The molecule has 0 radical (unpaired) electrons. The minimum Gasteiger partial charge on any atom is -0.504 e. The molecule has 0 aliphatic carbocycles. The highest BCUT2D eigenvalue weighted by molar-refractivity contribution is 5.45. The van der Waals surface area contributed by atoms with Gasteiger partial charge in [-0.15, -0.1) is 0 Å². The molecule has 4 heteroatoms. The summed E-state index contributed by atoms with van der Waals surface area (Å²) in [5.41, 5.74) is 6.40. The predicted octanol–water partition coefficient (Wildman–Crippen LogP) is 1.66. The molecule has 1 aromatic carbocycles. The van der Waals surface area contributed by atoms with Gasteiger partial charge in [-0.3, -0.25) is 0 Å². The first-order valence-corrected chi connectivity index (χ1v) is 6.60. The van der Waals surface area contributed by atoms with Gasteiger partial charge in [-0.2, -0.15) is 0 Å². The van der Waals surface area contributed by atoms with E-state index in [2.05, 4.69) is 12.2 Å². The van der Waals surface area contributed by atoms with Gasteiger partial charge in [-0.1, -0.05) is 19.1 Å². The normalized spacial score (nSPS) is 12.4. The largest absolute Gasteiger partial charge is 0.504 e. The van der Waals surface area contributed by atoms with Gasteiger partial charge in [-0.05, 0) is 31.4 Å². The summed E-state index contributed by atoms with van der Waals surface area (Å²) in [4.78, 5) is 0. The molecule has 0 amide bonds. The van der Waals surface area contributed by atoms with Crippen LogP contribution in [0.4, 0.5) is 0 Å². The summed E-state index contributed by atoms with van der Waals surface area (Å²) < 4.78 is 5.38. The third kappa shape index (κ3) is 4.20. The van der Waals surface area contributed by atoms with Crippen LogP contribution in [0.2, 0.25) is 0 Å². The average molecular weight is 252 g/mol. The zero-order chi connectivity index (χ0) is 13.4. The summed E-state index contributed by atoms with van der Waals surface area (Å²) in [6.45, 7) is 6.01. The summed E-state index contributed by atoms with van der Waals surface area (Å²) in [5, 5.41) is 13.5. The Morgan fingerprint density at radius 3 is 2.78 bits per heavy atom. The molecule has 0 bridgehead atoms. The van der Waals surface area contributed by atoms with Gasteiger partial charge < -0.3 is 20.9 Å². The number of nitrogens with two attached hydrogens (primary N) is 1. The van der Waals surface area contributed by atoms with Crippen LogP contribution >= 0.6 is 0 Å². The lowest BCUT2D eigenvalue weighted by Crippen LogP contribution is -2.34. The monoisotopic (exact) mass is 252 g/mol. The molecule has 0 saturated carbocycles. The molecule has 102 valence electrons. The topological polar surface area (TPSA) is 67.5 Å². The maximum Gasteiger partial charge on any atom is 0.161 e. The molecule has 0 heterocycles. The summed E-state index contributed by atoms with van der Waals surface area (Å²) in [6.07, 6.45) is 1.78. The number of ether oxygens (including phenoxy) is 1. The molecule has 4 nitrogen and oxygen atoms in total. The number of benzene rings is 1. The van der Waals surface area contributed by atoms with Crippen molar-refractivity contribution in [3.8, 4) is 11.5 Å². The van der Waals surface area contributed by atoms with Crippen LogP contribution in [0.5, 0.6) is 11.5 Å². The van der Waals surface area contributed by atoms with Gasteiger partial charge in [0.05, 0.1) is 6.61 Å². The Balaban J connectivity index is 2.73. The first-order chi connectivity index (χ1) is 8.72. The molecule has 4 N–H and O–H groups in total. The molecule has 1 atom stereocenters. The molecule has 0 aliphatic rings. The minimum atomic E-state index is 0.257. The molecule has 1 unspecified atom stereocenters. The van der Waals surface area contributed by atoms with Crippen molar-refractivity contribution in [2.75, 3.05) is 19.7 Å². The van der Waals surface area contributed by atoms with Crippen molar-refractivity contribution >= 4 is 0 Å². The summed E-state index contributed by atoms with van der Waals surface area (Å²) >= 11 is 0. The Bertz CT molecular complexity index is 356. The quantitative estimate of drug-likeness (QED) is 0.658. The van der Waals surface area contributed by atoms with E-state index in [1.54, 1.807) is 6.07 Å². The molecule has 0 aliphatic heterocycles. The Hall–Kier alpha value is -1.26. The fraction of sp³-hybridized carbons (Fsp3) is 0.571. The summed E-state index contributed by atoms with van der Waals surface area (Å²) in [7, 11) is 0. The van der Waals surface area contributed by atoms with E-state index in [9.17, 15) is 5.11 Å². The highest BCUT2D eigenvalue weighted by atomic mass is 16.5. The van der Waals surface area contributed by atoms with Crippen LogP contribution in [0.25, 0.3) is 0 Å². The maximum atomic E-state index is 10.1. The molecule has 0 spiro atoms. The fourth-order valence-electron chi connectivity index (χ4n) is 1.92. The van der Waals surface area contributed by atoms with Gasteiger partial charge in [0.1, 0.15) is 0 Å². The lowest BCUT2D eigenvalue weighted by atomic mass is 10.0. The molecular weight excluding hydrogens is 228 g/mol. The van der Waals surface area contributed by atoms with Crippen molar-refractivity contribution in [3.63, 3.8) is 0 Å². The van der Waals surface area contributed by atoms with E-state index in [4.69, 9.17) is 10.5 Å². The van der Waals surface area contributed by atoms with Crippen molar-refractivity contribution in [2.45, 2.75) is 32.7 Å². The molecular formula is C14H24N2O2. The highest BCUT2D eigenvalue weighted by Crippen LogP contribution is 2.30. The van der Waals surface area contributed by atoms with Gasteiger partial charge in [0.15, 0.2) is 11.5 Å². The van der Waals surface area contributed by atoms with Crippen molar-refractivity contribution in [1.29, 1.82) is 0 Å². The predicted molar refractivity (Wildman–Crippen MR) is 74.1 cm³/mol. The van der Waals surface area contributed by atoms with Crippen molar-refractivity contribution < 1.29 is 9.84 Å². The molecule has 1 rings (SSSR count). The van der Waals surface area contributed by atoms with Crippen LogP contribution < -0.4 is 15.8 Å². The molecule has 18 heavy (non-hydrogen) atoms. The molecule has 0 saturated heterocycles. The van der Waals surface area contributed by atoms with Gasteiger partial charge in [0.2, 0.25) is 0 Å². The summed E-state index contributed by atoms with van der Waals surface area (Å²) in [6, 6.07) is 5.97. The Morgan fingerprint density at radius 1 is 1.39 bits per heavy atom. The number of phenolic OH excluding ortho intramolecular Hbond substituents is 1. The maximum absolute atomic E-state index is 10.1. The number of nitrogens with one attached hydrogen (secondary N) is 1. The zero-order valence-electron chi connectivity index (χ0n) is 11.3. The standard InChI is InChI=1S/C14H24N2O2/c1-3-12(16-9-8-15)10-11-6-5-7-13(14(11)17)18-4-2/h5-7,12,16-17H,3-4,8-10,15H2,1-2H3. The van der Waals surface area contributed by atoms with Crippen LogP contribution in [-0.4, -0.2) is 30.8 Å². The van der Waals surface area contributed by atoms with Gasteiger partial charge in [0.25, 0.3) is 0 Å². The third-order valence-electron chi connectivity index (χ3n) is 2.92. The molecule has 0 aromatic heterocycles. The lowest BCUT2D eigenvalue weighted by Gasteiger charge is -2.18. The lowest BCUT2D eigenvalue weighted by molar-refractivity contribution is 0.316. The molecule has 0 fully saturated rings. The third-order valence-corrected chi connectivity index (χ3v) is 2.92. The fourth-order valence-corrected chi connectivity index (χ4v) is 1.92. The van der Waals surface area contributed by atoms with Crippen LogP contribution in [0.3, 0.4) is 0 Å². The molecule has 1 aromatic rings.